The normalized spacial score (nSPS) is 11.6. The van der Waals surface area contributed by atoms with Crippen LogP contribution in [0.1, 0.15) is 18.4 Å². The van der Waals surface area contributed by atoms with Gasteiger partial charge in [-0.2, -0.15) is 0 Å². The van der Waals surface area contributed by atoms with Crippen LogP contribution >= 0.6 is 39.1 Å². The van der Waals surface area contributed by atoms with Crippen molar-refractivity contribution in [2.24, 2.45) is 5.73 Å². The summed E-state index contributed by atoms with van der Waals surface area (Å²) in [6, 6.07) is 11.8. The minimum Gasteiger partial charge on any atom is -0.353 e. The van der Waals surface area contributed by atoms with E-state index in [1.54, 1.807) is 0 Å². The Bertz CT molecular complexity index is 1140. The third-order valence-electron chi connectivity index (χ3n) is 4.82. The molecule has 3 N–H and O–H groups in total. The first-order chi connectivity index (χ1) is 13.1. The fourth-order valence-electron chi connectivity index (χ4n) is 3.56. The quantitative estimate of drug-likeness (QED) is 0.323. The van der Waals surface area contributed by atoms with Crippen molar-refractivity contribution in [1.29, 1.82) is 0 Å². The van der Waals surface area contributed by atoms with E-state index in [0.717, 1.165) is 56.8 Å². The summed E-state index contributed by atoms with van der Waals surface area (Å²) in [4.78, 5) is 8.16. The molecule has 2 aromatic heterocycles. The Balaban J connectivity index is 2.02. The third-order valence-corrected chi connectivity index (χ3v) is 6.15. The first kappa shape index (κ1) is 18.8. The molecule has 0 unspecified atom stereocenters. The van der Waals surface area contributed by atoms with Crippen LogP contribution in [0.25, 0.3) is 33.1 Å². The molecule has 138 valence electrons. The molecule has 3 nitrogen and oxygen atoms in total. The zero-order valence-electron chi connectivity index (χ0n) is 14.5. The summed E-state index contributed by atoms with van der Waals surface area (Å²) < 4.78 is 1.02. The molecule has 6 heteroatoms. The summed E-state index contributed by atoms with van der Waals surface area (Å²) in [6.07, 6.45) is 4.64. The molecule has 0 atom stereocenters. The minimum atomic E-state index is 0.662. The lowest BCUT2D eigenvalue weighted by Crippen LogP contribution is -1.99. The standard InChI is InChI=1S/C21H18BrCl2N3/c22-15-7-6-14(19-12(15)5-3-11-26-19)20-13(4-1-2-10-25)18-16(23)8-9-17(24)21(18)27-20/h3,5-9,11,27H,1-2,4,10,25H2. The summed E-state index contributed by atoms with van der Waals surface area (Å²) in [7, 11) is 0. The van der Waals surface area contributed by atoms with Gasteiger partial charge in [0.25, 0.3) is 0 Å². The molecule has 0 spiro atoms. The molecule has 0 saturated heterocycles. The van der Waals surface area contributed by atoms with Crippen molar-refractivity contribution in [2.45, 2.75) is 19.3 Å². The third kappa shape index (κ3) is 3.36. The number of nitrogens with two attached hydrogens (primary N) is 1. The number of benzene rings is 2. The molecule has 2 aromatic carbocycles. The van der Waals surface area contributed by atoms with Crippen molar-refractivity contribution in [3.05, 3.63) is 62.7 Å². The summed E-state index contributed by atoms with van der Waals surface area (Å²) >= 11 is 16.7. The number of H-pyrrole nitrogens is 1. The minimum absolute atomic E-state index is 0.662. The Kier molecular flexibility index (Phi) is 5.42. The number of hydrogen-bond donors (Lipinski definition) is 2. The molecule has 27 heavy (non-hydrogen) atoms. The average Bonchev–Trinajstić information content (AvgIpc) is 3.06. The van der Waals surface area contributed by atoms with E-state index in [1.165, 1.54) is 5.56 Å². The van der Waals surface area contributed by atoms with Crippen LogP contribution < -0.4 is 5.73 Å². The molecule has 4 aromatic rings. The Morgan fingerprint density at radius 3 is 2.67 bits per heavy atom. The van der Waals surface area contributed by atoms with Crippen molar-refractivity contribution in [1.82, 2.24) is 9.97 Å². The smallest absolute Gasteiger partial charge is 0.0806 e. The number of rotatable bonds is 5. The summed E-state index contributed by atoms with van der Waals surface area (Å²) in [5.74, 6) is 0. The van der Waals surface area contributed by atoms with Crippen molar-refractivity contribution >= 4 is 60.9 Å². The largest absolute Gasteiger partial charge is 0.353 e. The summed E-state index contributed by atoms with van der Waals surface area (Å²) in [5.41, 5.74) is 10.7. The van der Waals surface area contributed by atoms with E-state index in [9.17, 15) is 0 Å². The fourth-order valence-corrected chi connectivity index (χ4v) is 4.49. The number of pyridine rings is 1. The lowest BCUT2D eigenvalue weighted by molar-refractivity contribution is 0.748. The van der Waals surface area contributed by atoms with Crippen LogP contribution in [-0.4, -0.2) is 16.5 Å². The number of unbranched alkanes of at least 4 members (excludes halogenated alkanes) is 1. The van der Waals surface area contributed by atoms with Gasteiger partial charge in [0.15, 0.2) is 0 Å². The van der Waals surface area contributed by atoms with Gasteiger partial charge in [-0.25, -0.2) is 0 Å². The number of nitrogens with zero attached hydrogens (tertiary/aromatic N) is 1. The molecule has 0 aliphatic heterocycles. The van der Waals surface area contributed by atoms with Crippen LogP contribution in [0.5, 0.6) is 0 Å². The molecule has 0 radical (unpaired) electrons. The number of aromatic amines is 1. The highest BCUT2D eigenvalue weighted by atomic mass is 79.9. The second-order valence-electron chi connectivity index (χ2n) is 6.50. The maximum atomic E-state index is 6.56. The first-order valence-corrected chi connectivity index (χ1v) is 10.4. The zero-order valence-corrected chi connectivity index (χ0v) is 17.6. The van der Waals surface area contributed by atoms with Gasteiger partial charge in [0.1, 0.15) is 0 Å². The van der Waals surface area contributed by atoms with Gasteiger partial charge in [0.2, 0.25) is 0 Å². The van der Waals surface area contributed by atoms with Crippen LogP contribution in [0.2, 0.25) is 10.0 Å². The second-order valence-corrected chi connectivity index (χ2v) is 8.17. The number of aryl methyl sites for hydroxylation is 1. The van der Waals surface area contributed by atoms with Gasteiger partial charge in [-0.1, -0.05) is 45.2 Å². The summed E-state index contributed by atoms with van der Waals surface area (Å²) in [6.45, 7) is 0.676. The SMILES string of the molecule is NCCCCc1c(-c2ccc(Br)c3cccnc23)[nH]c2c(Cl)ccc(Cl)c12. The molecule has 0 aliphatic carbocycles. The molecular weight excluding hydrogens is 445 g/mol. The monoisotopic (exact) mass is 461 g/mol. The molecule has 0 bridgehead atoms. The summed E-state index contributed by atoms with van der Waals surface area (Å²) in [5, 5.41) is 3.42. The zero-order chi connectivity index (χ0) is 19.0. The van der Waals surface area contributed by atoms with Crippen molar-refractivity contribution in [2.75, 3.05) is 6.54 Å². The van der Waals surface area contributed by atoms with E-state index < -0.39 is 0 Å². The Morgan fingerprint density at radius 2 is 1.85 bits per heavy atom. The second kappa shape index (κ2) is 7.80. The van der Waals surface area contributed by atoms with Gasteiger partial charge in [-0.15, -0.1) is 0 Å². The number of hydrogen-bond acceptors (Lipinski definition) is 2. The van der Waals surface area contributed by atoms with E-state index in [-0.39, 0.29) is 0 Å². The van der Waals surface area contributed by atoms with E-state index in [4.69, 9.17) is 28.9 Å². The Hall–Kier alpha value is -1.59. The van der Waals surface area contributed by atoms with Gasteiger partial charge >= 0.3 is 0 Å². The molecule has 0 aliphatic rings. The predicted molar refractivity (Wildman–Crippen MR) is 119 cm³/mol. The van der Waals surface area contributed by atoms with Crippen LogP contribution in [0.4, 0.5) is 0 Å². The van der Waals surface area contributed by atoms with E-state index in [1.807, 2.05) is 24.4 Å². The molecule has 4 rings (SSSR count). The molecular formula is C21H18BrCl2N3. The van der Waals surface area contributed by atoms with Gasteiger partial charge in [-0.3, -0.25) is 4.98 Å². The lowest BCUT2D eigenvalue weighted by atomic mass is 9.98. The molecule has 0 amide bonds. The highest BCUT2D eigenvalue weighted by Crippen LogP contribution is 2.41. The molecule has 2 heterocycles. The highest BCUT2D eigenvalue weighted by molar-refractivity contribution is 9.10. The van der Waals surface area contributed by atoms with Crippen molar-refractivity contribution in [3.8, 4) is 11.3 Å². The number of nitrogens with one attached hydrogen (secondary N) is 1. The topological polar surface area (TPSA) is 54.7 Å². The Labute approximate surface area is 176 Å². The van der Waals surface area contributed by atoms with Crippen molar-refractivity contribution in [3.63, 3.8) is 0 Å². The Morgan fingerprint density at radius 1 is 1.04 bits per heavy atom. The maximum Gasteiger partial charge on any atom is 0.0806 e. The predicted octanol–water partition coefficient (Wildman–Crippen LogP) is 6.73. The van der Waals surface area contributed by atoms with Gasteiger partial charge in [0, 0.05) is 27.0 Å². The van der Waals surface area contributed by atoms with Crippen LogP contribution in [0.3, 0.4) is 0 Å². The fraction of sp³-hybridized carbons (Fsp3) is 0.190. The first-order valence-electron chi connectivity index (χ1n) is 8.84. The van der Waals surface area contributed by atoms with Crippen molar-refractivity contribution < 1.29 is 0 Å². The van der Waals surface area contributed by atoms with E-state index >= 15 is 0 Å². The molecule has 0 fully saturated rings. The number of halogens is 3. The van der Waals surface area contributed by atoms with Gasteiger partial charge in [-0.05, 0) is 61.7 Å². The lowest BCUT2D eigenvalue weighted by Gasteiger charge is -2.09. The molecule has 0 saturated carbocycles. The van der Waals surface area contributed by atoms with Crippen LogP contribution in [0.15, 0.2) is 47.1 Å². The number of fused-ring (bicyclic) bond motifs is 2. The van der Waals surface area contributed by atoms with Crippen LogP contribution in [-0.2, 0) is 6.42 Å². The average molecular weight is 463 g/mol. The van der Waals surface area contributed by atoms with E-state index in [2.05, 4.69) is 44.1 Å². The highest BCUT2D eigenvalue weighted by Gasteiger charge is 2.19. The van der Waals surface area contributed by atoms with Crippen LogP contribution in [0, 0.1) is 0 Å². The van der Waals surface area contributed by atoms with Gasteiger partial charge in [0.05, 0.1) is 26.8 Å². The van der Waals surface area contributed by atoms with E-state index in [0.29, 0.717) is 16.6 Å². The maximum absolute atomic E-state index is 6.56. The number of aromatic nitrogens is 2. The van der Waals surface area contributed by atoms with Gasteiger partial charge < -0.3 is 10.7 Å².